The van der Waals surface area contributed by atoms with E-state index < -0.39 is 0 Å². The van der Waals surface area contributed by atoms with Gasteiger partial charge in [-0.15, -0.1) is 0 Å². The van der Waals surface area contributed by atoms with Crippen molar-refractivity contribution < 1.29 is 9.84 Å². The summed E-state index contributed by atoms with van der Waals surface area (Å²) in [7, 11) is 1.67. The van der Waals surface area contributed by atoms with Crippen LogP contribution in [0.15, 0.2) is 24.3 Å². The molecule has 1 unspecified atom stereocenters. The van der Waals surface area contributed by atoms with E-state index in [-0.39, 0.29) is 12.1 Å². The second-order valence-corrected chi connectivity index (χ2v) is 4.90. The SMILES string of the molecule is COc1cccc(C(C)(CO)N2CCNCC2)c1. The maximum absolute atomic E-state index is 9.85. The Morgan fingerprint density at radius 2 is 2.11 bits per heavy atom. The van der Waals surface area contributed by atoms with Gasteiger partial charge in [0.05, 0.1) is 19.3 Å². The Hall–Kier alpha value is -1.10. The van der Waals surface area contributed by atoms with Crippen LogP contribution >= 0.6 is 0 Å². The summed E-state index contributed by atoms with van der Waals surface area (Å²) in [5, 5.41) is 13.2. The first-order valence-corrected chi connectivity index (χ1v) is 6.42. The summed E-state index contributed by atoms with van der Waals surface area (Å²) in [6.45, 7) is 6.05. The third kappa shape index (κ3) is 2.51. The Kier molecular flexibility index (Phi) is 4.22. The zero-order valence-corrected chi connectivity index (χ0v) is 11.1. The number of nitrogens with zero attached hydrogens (tertiary/aromatic N) is 1. The fraction of sp³-hybridized carbons (Fsp3) is 0.571. The monoisotopic (exact) mass is 250 g/mol. The molecule has 1 aliphatic rings. The number of ether oxygens (including phenoxy) is 1. The fourth-order valence-corrected chi connectivity index (χ4v) is 2.49. The Balaban J connectivity index is 2.29. The first kappa shape index (κ1) is 13.3. The van der Waals surface area contributed by atoms with E-state index in [0.29, 0.717) is 0 Å². The molecule has 1 saturated heterocycles. The molecule has 0 bridgehead atoms. The summed E-state index contributed by atoms with van der Waals surface area (Å²) in [6, 6.07) is 7.97. The van der Waals surface area contributed by atoms with E-state index >= 15 is 0 Å². The van der Waals surface area contributed by atoms with E-state index in [2.05, 4.69) is 23.2 Å². The second kappa shape index (κ2) is 5.69. The van der Waals surface area contributed by atoms with Crippen LogP contribution in [0.5, 0.6) is 5.75 Å². The molecule has 100 valence electrons. The number of aliphatic hydroxyl groups excluding tert-OH is 1. The lowest BCUT2D eigenvalue weighted by Gasteiger charge is -2.43. The largest absolute Gasteiger partial charge is 0.497 e. The first-order valence-electron chi connectivity index (χ1n) is 6.42. The predicted octanol–water partition coefficient (Wildman–Crippen LogP) is 0.808. The van der Waals surface area contributed by atoms with E-state index in [1.807, 2.05) is 18.2 Å². The van der Waals surface area contributed by atoms with Gasteiger partial charge in [-0.25, -0.2) is 0 Å². The summed E-state index contributed by atoms with van der Waals surface area (Å²) in [6.07, 6.45) is 0. The smallest absolute Gasteiger partial charge is 0.119 e. The Labute approximate surface area is 109 Å². The lowest BCUT2D eigenvalue weighted by molar-refractivity contribution is 0.0310. The number of benzene rings is 1. The normalized spacial score (nSPS) is 20.4. The van der Waals surface area contributed by atoms with Crippen LogP contribution in [0.1, 0.15) is 12.5 Å². The van der Waals surface area contributed by atoms with Gasteiger partial charge >= 0.3 is 0 Å². The van der Waals surface area contributed by atoms with E-state index in [9.17, 15) is 5.11 Å². The Morgan fingerprint density at radius 1 is 1.39 bits per heavy atom. The van der Waals surface area contributed by atoms with E-state index in [4.69, 9.17) is 4.74 Å². The van der Waals surface area contributed by atoms with Gasteiger partial charge in [-0.3, -0.25) is 4.90 Å². The number of rotatable bonds is 4. The molecule has 1 aromatic rings. The van der Waals surface area contributed by atoms with Gasteiger partial charge < -0.3 is 15.2 Å². The molecule has 1 aromatic carbocycles. The van der Waals surface area contributed by atoms with Gasteiger partial charge in [0.25, 0.3) is 0 Å². The summed E-state index contributed by atoms with van der Waals surface area (Å²) in [5.41, 5.74) is 0.766. The topological polar surface area (TPSA) is 44.7 Å². The van der Waals surface area contributed by atoms with Crippen molar-refractivity contribution in [1.82, 2.24) is 10.2 Å². The molecule has 1 heterocycles. The van der Waals surface area contributed by atoms with Crippen LogP contribution in [-0.4, -0.2) is 49.9 Å². The van der Waals surface area contributed by atoms with E-state index in [1.54, 1.807) is 7.11 Å². The molecule has 1 aliphatic heterocycles. The minimum atomic E-state index is -0.337. The number of methoxy groups -OCH3 is 1. The minimum Gasteiger partial charge on any atom is -0.497 e. The molecule has 2 rings (SSSR count). The summed E-state index contributed by atoms with van der Waals surface area (Å²) < 4.78 is 5.27. The molecule has 18 heavy (non-hydrogen) atoms. The standard InChI is InChI=1S/C14H22N2O2/c1-14(11-17,16-8-6-15-7-9-16)12-4-3-5-13(10-12)18-2/h3-5,10,15,17H,6-9,11H2,1-2H3. The molecule has 2 N–H and O–H groups in total. The van der Waals surface area contributed by atoms with Crippen molar-refractivity contribution >= 4 is 0 Å². The van der Waals surface area contributed by atoms with Crippen molar-refractivity contribution in [3.8, 4) is 5.75 Å². The van der Waals surface area contributed by atoms with Crippen molar-refractivity contribution in [2.45, 2.75) is 12.5 Å². The summed E-state index contributed by atoms with van der Waals surface area (Å²) in [5.74, 6) is 0.835. The minimum absolute atomic E-state index is 0.111. The molecule has 0 saturated carbocycles. The van der Waals surface area contributed by atoms with Crippen molar-refractivity contribution in [3.05, 3.63) is 29.8 Å². The van der Waals surface area contributed by atoms with E-state index in [1.165, 1.54) is 0 Å². The van der Waals surface area contributed by atoms with Crippen molar-refractivity contribution in [2.24, 2.45) is 0 Å². The van der Waals surface area contributed by atoms with Crippen LogP contribution < -0.4 is 10.1 Å². The van der Waals surface area contributed by atoms with Crippen LogP contribution in [0.4, 0.5) is 0 Å². The number of piperazine rings is 1. The molecule has 4 heteroatoms. The molecule has 0 aromatic heterocycles. The van der Waals surface area contributed by atoms with E-state index in [0.717, 1.165) is 37.5 Å². The van der Waals surface area contributed by atoms with Crippen molar-refractivity contribution in [1.29, 1.82) is 0 Å². The number of hydrogen-bond acceptors (Lipinski definition) is 4. The molecule has 0 aliphatic carbocycles. The van der Waals surface area contributed by atoms with Crippen LogP contribution in [0, 0.1) is 0 Å². The van der Waals surface area contributed by atoms with Gasteiger partial charge in [0, 0.05) is 26.2 Å². The highest BCUT2D eigenvalue weighted by Gasteiger charge is 2.34. The lowest BCUT2D eigenvalue weighted by Crippen LogP contribution is -2.54. The average Bonchev–Trinajstić information content (AvgIpc) is 2.47. The van der Waals surface area contributed by atoms with Crippen molar-refractivity contribution in [3.63, 3.8) is 0 Å². The molecular weight excluding hydrogens is 228 g/mol. The van der Waals surface area contributed by atoms with Gasteiger partial charge in [-0.05, 0) is 24.6 Å². The Morgan fingerprint density at radius 3 is 2.72 bits per heavy atom. The fourth-order valence-electron chi connectivity index (χ4n) is 2.49. The lowest BCUT2D eigenvalue weighted by atomic mass is 9.90. The highest BCUT2D eigenvalue weighted by molar-refractivity contribution is 5.33. The summed E-state index contributed by atoms with van der Waals surface area (Å²) >= 11 is 0. The molecule has 4 nitrogen and oxygen atoms in total. The zero-order valence-electron chi connectivity index (χ0n) is 11.1. The number of nitrogens with one attached hydrogen (secondary N) is 1. The quantitative estimate of drug-likeness (QED) is 0.830. The number of hydrogen-bond donors (Lipinski definition) is 2. The second-order valence-electron chi connectivity index (χ2n) is 4.90. The predicted molar refractivity (Wildman–Crippen MR) is 71.9 cm³/mol. The highest BCUT2D eigenvalue weighted by Crippen LogP contribution is 2.30. The first-order chi connectivity index (χ1) is 8.70. The molecular formula is C14H22N2O2. The zero-order chi connectivity index (χ0) is 13.0. The maximum Gasteiger partial charge on any atom is 0.119 e. The van der Waals surface area contributed by atoms with Gasteiger partial charge in [-0.2, -0.15) is 0 Å². The molecule has 1 atom stereocenters. The number of aliphatic hydroxyl groups is 1. The molecule has 0 radical (unpaired) electrons. The van der Waals surface area contributed by atoms with Gasteiger partial charge in [0.2, 0.25) is 0 Å². The molecule has 1 fully saturated rings. The van der Waals surface area contributed by atoms with Crippen molar-refractivity contribution in [2.75, 3.05) is 39.9 Å². The van der Waals surface area contributed by atoms with Crippen LogP contribution in [-0.2, 0) is 5.54 Å². The third-order valence-electron chi connectivity index (χ3n) is 3.81. The maximum atomic E-state index is 9.85. The van der Waals surface area contributed by atoms with Gasteiger partial charge in [-0.1, -0.05) is 12.1 Å². The highest BCUT2D eigenvalue weighted by atomic mass is 16.5. The van der Waals surface area contributed by atoms with Crippen LogP contribution in [0.3, 0.4) is 0 Å². The van der Waals surface area contributed by atoms with Gasteiger partial charge in [0.15, 0.2) is 0 Å². The molecule has 0 amide bonds. The summed E-state index contributed by atoms with van der Waals surface area (Å²) in [4.78, 5) is 2.33. The van der Waals surface area contributed by atoms with Crippen LogP contribution in [0.2, 0.25) is 0 Å². The third-order valence-corrected chi connectivity index (χ3v) is 3.81. The Bertz CT molecular complexity index is 391. The average molecular weight is 250 g/mol. The van der Waals surface area contributed by atoms with Gasteiger partial charge in [0.1, 0.15) is 5.75 Å². The molecule has 0 spiro atoms. The van der Waals surface area contributed by atoms with Crippen LogP contribution in [0.25, 0.3) is 0 Å².